The number of hydrogen-bond acceptors (Lipinski definition) is 0. The second-order valence-corrected chi connectivity index (χ2v) is 5.37. The first-order chi connectivity index (χ1) is 8.23. The Labute approximate surface area is 109 Å². The van der Waals surface area contributed by atoms with Gasteiger partial charge in [-0.2, -0.15) is 13.2 Å². The van der Waals surface area contributed by atoms with Gasteiger partial charge >= 0.3 is 6.18 Å². The van der Waals surface area contributed by atoms with Gasteiger partial charge in [-0.3, -0.25) is 4.48 Å². The molecule has 1 aromatic rings. The van der Waals surface area contributed by atoms with Crippen molar-refractivity contribution >= 4 is 17.3 Å². The van der Waals surface area contributed by atoms with Crippen molar-refractivity contribution in [3.05, 3.63) is 40.4 Å². The fourth-order valence-electron chi connectivity index (χ4n) is 2.40. The van der Waals surface area contributed by atoms with Gasteiger partial charge in [0.2, 0.25) is 0 Å². The highest BCUT2D eigenvalue weighted by Crippen LogP contribution is 2.44. The van der Waals surface area contributed by atoms with Crippen LogP contribution in [-0.2, 0) is 0 Å². The van der Waals surface area contributed by atoms with E-state index in [-0.39, 0.29) is 16.6 Å². The normalized spacial score (nSPS) is 19.4. The Hall–Kier alpha value is -1.00. The predicted octanol–water partition coefficient (Wildman–Crippen LogP) is 4.09. The maximum atomic E-state index is 13.1. The Kier molecular flexibility index (Phi) is 3.19. The lowest BCUT2D eigenvalue weighted by atomic mass is 10.1. The lowest BCUT2D eigenvalue weighted by molar-refractivity contribution is -0.812. The Balaban J connectivity index is 2.66. The molecule has 1 aromatic carbocycles. The molecule has 1 heterocycles. The zero-order chi connectivity index (χ0) is 13.6. The van der Waals surface area contributed by atoms with Gasteiger partial charge in [-0.1, -0.05) is 23.7 Å². The van der Waals surface area contributed by atoms with Crippen LogP contribution in [0.25, 0.3) is 5.70 Å². The second-order valence-electron chi connectivity index (χ2n) is 4.96. The standard InChI is InChI=1S/C13H14ClF3N/c1-18(2)8-7-10(13(15,16)17)12(18)9-5-3-4-6-11(9)14/h3-6H,7-8H2,1-2H3/q+1. The Bertz CT molecular complexity index is 503. The molecule has 0 aliphatic carbocycles. The molecule has 1 nitrogen and oxygen atoms in total. The molecule has 0 amide bonds. The first kappa shape index (κ1) is 13.4. The molecular weight excluding hydrogens is 263 g/mol. The van der Waals surface area contributed by atoms with Crippen LogP contribution >= 0.6 is 11.6 Å². The fraction of sp³-hybridized carbons (Fsp3) is 0.385. The van der Waals surface area contributed by atoms with Gasteiger partial charge in [0, 0.05) is 6.42 Å². The van der Waals surface area contributed by atoms with Crippen LogP contribution in [0.2, 0.25) is 5.02 Å². The first-order valence-electron chi connectivity index (χ1n) is 5.62. The van der Waals surface area contributed by atoms with Crippen LogP contribution in [0.4, 0.5) is 13.2 Å². The Morgan fingerprint density at radius 2 is 1.78 bits per heavy atom. The smallest absolute Gasteiger partial charge is 0.295 e. The highest BCUT2D eigenvalue weighted by molar-refractivity contribution is 6.32. The van der Waals surface area contributed by atoms with Gasteiger partial charge in [0.1, 0.15) is 11.3 Å². The number of alkyl halides is 3. The first-order valence-corrected chi connectivity index (χ1v) is 6.00. The maximum absolute atomic E-state index is 13.1. The van der Waals surface area contributed by atoms with E-state index in [4.69, 9.17) is 11.6 Å². The SMILES string of the molecule is C[N+]1(C)CCC(C(F)(F)F)=C1c1ccccc1Cl. The third-order valence-electron chi connectivity index (χ3n) is 3.28. The Morgan fingerprint density at radius 3 is 2.33 bits per heavy atom. The summed E-state index contributed by atoms with van der Waals surface area (Å²) in [7, 11) is 3.55. The summed E-state index contributed by atoms with van der Waals surface area (Å²) in [5, 5.41) is 0.363. The third-order valence-corrected chi connectivity index (χ3v) is 3.61. The van der Waals surface area contributed by atoms with E-state index in [0.717, 1.165) is 0 Å². The summed E-state index contributed by atoms with van der Waals surface area (Å²) in [5.74, 6) is 0. The number of quaternary nitrogens is 1. The lowest BCUT2D eigenvalue weighted by Crippen LogP contribution is -2.35. The van der Waals surface area contributed by atoms with Gasteiger partial charge < -0.3 is 0 Å². The highest BCUT2D eigenvalue weighted by Gasteiger charge is 2.47. The molecule has 18 heavy (non-hydrogen) atoms. The second kappa shape index (κ2) is 4.28. The summed E-state index contributed by atoms with van der Waals surface area (Å²) < 4.78 is 39.4. The molecule has 0 fully saturated rings. The summed E-state index contributed by atoms with van der Waals surface area (Å²) in [4.78, 5) is 0. The molecule has 0 N–H and O–H groups in total. The van der Waals surface area contributed by atoms with E-state index >= 15 is 0 Å². The van der Waals surface area contributed by atoms with Gasteiger partial charge in [-0.25, -0.2) is 0 Å². The van der Waals surface area contributed by atoms with Gasteiger partial charge in [0.15, 0.2) is 0 Å². The van der Waals surface area contributed by atoms with Crippen LogP contribution in [0.1, 0.15) is 12.0 Å². The fourth-order valence-corrected chi connectivity index (χ4v) is 2.63. The van der Waals surface area contributed by atoms with Gasteiger partial charge in [-0.15, -0.1) is 0 Å². The average molecular weight is 277 g/mol. The van der Waals surface area contributed by atoms with E-state index < -0.39 is 11.7 Å². The monoisotopic (exact) mass is 276 g/mol. The van der Waals surface area contributed by atoms with E-state index in [0.29, 0.717) is 17.1 Å². The van der Waals surface area contributed by atoms with Crippen molar-refractivity contribution in [1.82, 2.24) is 0 Å². The zero-order valence-electron chi connectivity index (χ0n) is 10.2. The number of halogens is 4. The highest BCUT2D eigenvalue weighted by atomic mass is 35.5. The molecule has 0 aromatic heterocycles. The largest absolute Gasteiger partial charge is 0.418 e. The molecule has 0 saturated carbocycles. The van der Waals surface area contributed by atoms with Crippen LogP contribution in [-0.4, -0.2) is 31.3 Å². The van der Waals surface area contributed by atoms with Gasteiger partial charge in [0.05, 0.1) is 31.2 Å². The van der Waals surface area contributed by atoms with Crippen LogP contribution in [0, 0.1) is 0 Å². The van der Waals surface area contributed by atoms with E-state index in [1.54, 1.807) is 38.4 Å². The van der Waals surface area contributed by atoms with Crippen LogP contribution < -0.4 is 0 Å². The summed E-state index contributed by atoms with van der Waals surface area (Å²) in [5.41, 5.74) is 0.308. The molecule has 2 rings (SSSR count). The van der Waals surface area contributed by atoms with Crippen molar-refractivity contribution in [3.63, 3.8) is 0 Å². The van der Waals surface area contributed by atoms with Crippen molar-refractivity contribution in [2.45, 2.75) is 12.6 Å². The van der Waals surface area contributed by atoms with E-state index in [1.165, 1.54) is 0 Å². The maximum Gasteiger partial charge on any atom is 0.418 e. The average Bonchev–Trinajstić information content (AvgIpc) is 2.54. The van der Waals surface area contributed by atoms with E-state index in [2.05, 4.69) is 0 Å². The molecule has 0 bridgehead atoms. The predicted molar refractivity (Wildman–Crippen MR) is 66.0 cm³/mol. The van der Waals surface area contributed by atoms with Crippen molar-refractivity contribution in [2.24, 2.45) is 0 Å². The molecule has 0 unspecified atom stereocenters. The topological polar surface area (TPSA) is 0 Å². The minimum Gasteiger partial charge on any atom is -0.295 e. The summed E-state index contributed by atoms with van der Waals surface area (Å²) in [6, 6.07) is 6.69. The van der Waals surface area contributed by atoms with Gasteiger partial charge in [-0.05, 0) is 12.1 Å². The summed E-state index contributed by atoms with van der Waals surface area (Å²) >= 11 is 6.04. The molecule has 0 atom stereocenters. The summed E-state index contributed by atoms with van der Waals surface area (Å²) in [6.45, 7) is 0.440. The minimum absolute atomic E-state index is 0.0387. The number of hydrogen-bond donors (Lipinski definition) is 0. The molecule has 1 aliphatic heterocycles. The van der Waals surface area contributed by atoms with Gasteiger partial charge in [0.25, 0.3) is 0 Å². The van der Waals surface area contributed by atoms with Crippen molar-refractivity contribution in [2.75, 3.05) is 20.6 Å². The van der Waals surface area contributed by atoms with Crippen LogP contribution in [0.15, 0.2) is 29.8 Å². The van der Waals surface area contributed by atoms with Crippen molar-refractivity contribution < 1.29 is 17.7 Å². The molecule has 1 aliphatic rings. The molecule has 98 valence electrons. The van der Waals surface area contributed by atoms with Crippen molar-refractivity contribution in [1.29, 1.82) is 0 Å². The zero-order valence-corrected chi connectivity index (χ0v) is 10.9. The molecule has 0 saturated heterocycles. The minimum atomic E-state index is -4.29. The quantitative estimate of drug-likeness (QED) is 0.678. The summed E-state index contributed by atoms with van der Waals surface area (Å²) in [6.07, 6.45) is -4.25. The third kappa shape index (κ3) is 2.27. The lowest BCUT2D eigenvalue weighted by Gasteiger charge is -2.27. The molecular formula is C13H14ClF3N+. The number of benzene rings is 1. The molecule has 0 radical (unpaired) electrons. The van der Waals surface area contributed by atoms with Crippen LogP contribution in [0.5, 0.6) is 0 Å². The Morgan fingerprint density at radius 1 is 1.17 bits per heavy atom. The number of rotatable bonds is 1. The molecule has 0 spiro atoms. The van der Waals surface area contributed by atoms with E-state index in [9.17, 15) is 13.2 Å². The van der Waals surface area contributed by atoms with E-state index in [1.807, 2.05) is 0 Å². The van der Waals surface area contributed by atoms with Crippen molar-refractivity contribution in [3.8, 4) is 0 Å². The van der Waals surface area contributed by atoms with Crippen LogP contribution in [0.3, 0.4) is 0 Å². The molecule has 5 heteroatoms. The number of nitrogens with zero attached hydrogens (tertiary/aromatic N) is 1.